The molecule has 0 aromatic carbocycles. The van der Waals surface area contributed by atoms with Crippen LogP contribution in [0.4, 0.5) is 0 Å². The van der Waals surface area contributed by atoms with Crippen LogP contribution in [0.3, 0.4) is 0 Å². The number of nitrogens with one attached hydrogen (secondary N) is 1. The topological polar surface area (TPSA) is 24.5 Å². The van der Waals surface area contributed by atoms with Crippen LogP contribution < -0.4 is 5.32 Å². The Morgan fingerprint density at radius 3 is 2.59 bits per heavy atom. The SMILES string of the molecule is CCC1(CC)CNC(C)CN1C(C)CCOC. The molecular formula is C14H30N2O. The molecule has 2 unspecified atom stereocenters. The smallest absolute Gasteiger partial charge is 0.0477 e. The van der Waals surface area contributed by atoms with E-state index in [-0.39, 0.29) is 0 Å². The fourth-order valence-corrected chi connectivity index (χ4v) is 3.02. The summed E-state index contributed by atoms with van der Waals surface area (Å²) in [7, 11) is 1.79. The zero-order valence-corrected chi connectivity index (χ0v) is 12.3. The first-order valence-corrected chi connectivity index (χ1v) is 7.08. The summed E-state index contributed by atoms with van der Waals surface area (Å²) < 4.78 is 5.22. The van der Waals surface area contributed by atoms with Crippen LogP contribution in [-0.4, -0.2) is 49.3 Å². The summed E-state index contributed by atoms with van der Waals surface area (Å²) in [6.07, 6.45) is 3.58. The van der Waals surface area contributed by atoms with Gasteiger partial charge in [-0.1, -0.05) is 13.8 Å². The van der Waals surface area contributed by atoms with Crippen molar-refractivity contribution in [2.24, 2.45) is 0 Å². The average molecular weight is 242 g/mol. The Morgan fingerprint density at radius 2 is 2.06 bits per heavy atom. The summed E-state index contributed by atoms with van der Waals surface area (Å²) in [6.45, 7) is 12.4. The lowest BCUT2D eigenvalue weighted by atomic mass is 9.85. The van der Waals surface area contributed by atoms with Crippen molar-refractivity contribution in [1.29, 1.82) is 0 Å². The highest BCUT2D eigenvalue weighted by molar-refractivity contribution is 4.98. The lowest BCUT2D eigenvalue weighted by molar-refractivity contribution is -0.00578. The molecule has 1 aliphatic rings. The second-order valence-electron chi connectivity index (χ2n) is 5.50. The van der Waals surface area contributed by atoms with Crippen LogP contribution in [0.2, 0.25) is 0 Å². The Labute approximate surface area is 107 Å². The first kappa shape index (κ1) is 14.9. The van der Waals surface area contributed by atoms with E-state index in [2.05, 4.69) is 37.9 Å². The Balaban J connectivity index is 2.73. The van der Waals surface area contributed by atoms with Gasteiger partial charge in [-0.25, -0.2) is 0 Å². The molecule has 0 bridgehead atoms. The fourth-order valence-electron chi connectivity index (χ4n) is 3.02. The van der Waals surface area contributed by atoms with E-state index in [1.807, 2.05) is 0 Å². The molecule has 1 saturated heterocycles. The minimum absolute atomic E-state index is 0.347. The molecule has 1 aliphatic heterocycles. The molecule has 0 aromatic heterocycles. The van der Waals surface area contributed by atoms with Gasteiger partial charge in [-0.3, -0.25) is 4.90 Å². The van der Waals surface area contributed by atoms with Crippen molar-refractivity contribution in [3.63, 3.8) is 0 Å². The van der Waals surface area contributed by atoms with Crippen molar-refractivity contribution in [3.8, 4) is 0 Å². The lowest BCUT2D eigenvalue weighted by Crippen LogP contribution is -2.65. The molecule has 1 N–H and O–H groups in total. The first-order valence-electron chi connectivity index (χ1n) is 7.08. The van der Waals surface area contributed by atoms with E-state index >= 15 is 0 Å². The fraction of sp³-hybridized carbons (Fsp3) is 1.00. The third-order valence-electron chi connectivity index (χ3n) is 4.45. The van der Waals surface area contributed by atoms with Crippen molar-refractivity contribution in [1.82, 2.24) is 10.2 Å². The summed E-state index contributed by atoms with van der Waals surface area (Å²) in [5.41, 5.74) is 0.347. The molecule has 1 fully saturated rings. The largest absolute Gasteiger partial charge is 0.385 e. The highest BCUT2D eigenvalue weighted by Gasteiger charge is 2.39. The van der Waals surface area contributed by atoms with Gasteiger partial charge in [0.05, 0.1) is 0 Å². The van der Waals surface area contributed by atoms with Crippen LogP contribution in [0.15, 0.2) is 0 Å². The van der Waals surface area contributed by atoms with Gasteiger partial charge in [0.25, 0.3) is 0 Å². The minimum atomic E-state index is 0.347. The lowest BCUT2D eigenvalue weighted by Gasteiger charge is -2.52. The van der Waals surface area contributed by atoms with Crippen molar-refractivity contribution < 1.29 is 4.74 Å². The predicted octanol–water partition coefficient (Wildman–Crippen LogP) is 2.26. The Hall–Kier alpha value is -0.120. The summed E-state index contributed by atoms with van der Waals surface area (Å²) in [5.74, 6) is 0. The van der Waals surface area contributed by atoms with Gasteiger partial charge >= 0.3 is 0 Å². The second kappa shape index (κ2) is 6.72. The van der Waals surface area contributed by atoms with Crippen LogP contribution in [0.1, 0.15) is 47.0 Å². The van der Waals surface area contributed by atoms with Gasteiger partial charge in [0.1, 0.15) is 0 Å². The molecule has 1 rings (SSSR count). The third-order valence-corrected chi connectivity index (χ3v) is 4.45. The Bertz CT molecular complexity index is 216. The zero-order valence-electron chi connectivity index (χ0n) is 12.3. The van der Waals surface area contributed by atoms with E-state index in [0.717, 1.165) is 26.1 Å². The maximum atomic E-state index is 5.22. The van der Waals surface area contributed by atoms with E-state index < -0.39 is 0 Å². The quantitative estimate of drug-likeness (QED) is 0.773. The van der Waals surface area contributed by atoms with Gasteiger partial charge in [-0.2, -0.15) is 0 Å². The Kier molecular flexibility index (Phi) is 5.90. The van der Waals surface area contributed by atoms with E-state index in [4.69, 9.17) is 4.74 Å². The molecule has 0 aromatic rings. The highest BCUT2D eigenvalue weighted by atomic mass is 16.5. The van der Waals surface area contributed by atoms with Crippen LogP contribution in [-0.2, 0) is 4.74 Å². The molecule has 0 radical (unpaired) electrons. The van der Waals surface area contributed by atoms with E-state index in [9.17, 15) is 0 Å². The zero-order chi connectivity index (χ0) is 12.9. The molecular weight excluding hydrogens is 212 g/mol. The molecule has 3 nitrogen and oxygen atoms in total. The maximum absolute atomic E-state index is 5.22. The van der Waals surface area contributed by atoms with E-state index in [0.29, 0.717) is 17.6 Å². The van der Waals surface area contributed by atoms with Gasteiger partial charge in [0, 0.05) is 44.4 Å². The van der Waals surface area contributed by atoms with E-state index in [1.165, 1.54) is 12.8 Å². The van der Waals surface area contributed by atoms with Crippen molar-refractivity contribution in [3.05, 3.63) is 0 Å². The minimum Gasteiger partial charge on any atom is -0.385 e. The van der Waals surface area contributed by atoms with Gasteiger partial charge in [0.15, 0.2) is 0 Å². The van der Waals surface area contributed by atoms with Crippen molar-refractivity contribution in [2.75, 3.05) is 26.8 Å². The standard InChI is InChI=1S/C14H30N2O/c1-6-14(7-2)11-15-12(3)10-16(14)13(4)8-9-17-5/h12-13,15H,6-11H2,1-5H3. The normalized spacial score (nSPS) is 27.0. The highest BCUT2D eigenvalue weighted by Crippen LogP contribution is 2.29. The van der Waals surface area contributed by atoms with Crippen LogP contribution in [0.5, 0.6) is 0 Å². The van der Waals surface area contributed by atoms with Crippen LogP contribution in [0.25, 0.3) is 0 Å². The number of ether oxygens (including phenoxy) is 1. The summed E-state index contributed by atoms with van der Waals surface area (Å²) >= 11 is 0. The van der Waals surface area contributed by atoms with Crippen molar-refractivity contribution >= 4 is 0 Å². The third kappa shape index (κ3) is 3.43. The number of piperazine rings is 1. The van der Waals surface area contributed by atoms with Gasteiger partial charge in [-0.05, 0) is 33.1 Å². The molecule has 102 valence electrons. The van der Waals surface area contributed by atoms with Gasteiger partial charge in [0.2, 0.25) is 0 Å². The first-order chi connectivity index (χ1) is 8.09. The van der Waals surface area contributed by atoms with Crippen LogP contribution in [0, 0.1) is 0 Å². The molecule has 0 aliphatic carbocycles. The molecule has 17 heavy (non-hydrogen) atoms. The molecule has 0 spiro atoms. The number of hydrogen-bond donors (Lipinski definition) is 1. The average Bonchev–Trinajstić information content (AvgIpc) is 2.36. The van der Waals surface area contributed by atoms with E-state index in [1.54, 1.807) is 7.11 Å². The van der Waals surface area contributed by atoms with Crippen LogP contribution >= 0.6 is 0 Å². The summed E-state index contributed by atoms with van der Waals surface area (Å²) in [6, 6.07) is 1.21. The number of rotatable bonds is 6. The van der Waals surface area contributed by atoms with Gasteiger partial charge < -0.3 is 10.1 Å². The molecule has 2 atom stereocenters. The number of nitrogens with zero attached hydrogens (tertiary/aromatic N) is 1. The second-order valence-corrected chi connectivity index (χ2v) is 5.50. The maximum Gasteiger partial charge on any atom is 0.0477 e. The number of hydrogen-bond acceptors (Lipinski definition) is 3. The monoisotopic (exact) mass is 242 g/mol. The molecule has 1 heterocycles. The van der Waals surface area contributed by atoms with Gasteiger partial charge in [-0.15, -0.1) is 0 Å². The predicted molar refractivity (Wildman–Crippen MR) is 73.4 cm³/mol. The molecule has 0 saturated carbocycles. The number of methoxy groups -OCH3 is 1. The van der Waals surface area contributed by atoms with Crippen molar-refractivity contribution in [2.45, 2.75) is 64.6 Å². The molecule has 3 heteroatoms. The Morgan fingerprint density at radius 1 is 1.41 bits per heavy atom. The molecule has 0 amide bonds. The summed E-state index contributed by atoms with van der Waals surface area (Å²) in [5, 5.41) is 3.64. The summed E-state index contributed by atoms with van der Waals surface area (Å²) in [4.78, 5) is 2.72.